The summed E-state index contributed by atoms with van der Waals surface area (Å²) in [5, 5.41) is 0. The Hall–Kier alpha value is -0.940. The average Bonchev–Trinajstić information content (AvgIpc) is 3.00. The second-order valence-corrected chi connectivity index (χ2v) is 5.92. The molecule has 0 heterocycles. The molecule has 0 amide bonds. The summed E-state index contributed by atoms with van der Waals surface area (Å²) in [6, 6.07) is 4.80. The minimum Gasteiger partial charge on any atom is -0.208 e. The van der Waals surface area contributed by atoms with Crippen LogP contribution in [-0.2, 0) is 10.0 Å². The smallest absolute Gasteiger partial charge is 0.208 e. The largest absolute Gasteiger partial charge is 0.240 e. The van der Waals surface area contributed by atoms with Gasteiger partial charge in [0.1, 0.15) is 5.82 Å². The molecule has 0 aromatic heterocycles. The third-order valence-electron chi connectivity index (χ3n) is 2.79. The average molecular weight is 243 g/mol. The molecule has 1 saturated carbocycles. The molecule has 1 aliphatic carbocycles. The van der Waals surface area contributed by atoms with Crippen molar-refractivity contribution in [3.8, 4) is 0 Å². The van der Waals surface area contributed by atoms with Gasteiger partial charge in [-0.2, -0.15) is 0 Å². The van der Waals surface area contributed by atoms with Crippen LogP contribution in [0.1, 0.15) is 19.8 Å². The molecular formula is C11H14FNO2S. The van der Waals surface area contributed by atoms with Gasteiger partial charge in [0, 0.05) is 6.04 Å². The molecule has 16 heavy (non-hydrogen) atoms. The molecular weight excluding hydrogens is 229 g/mol. The van der Waals surface area contributed by atoms with E-state index in [4.69, 9.17) is 0 Å². The van der Waals surface area contributed by atoms with Gasteiger partial charge in [0.05, 0.1) is 4.90 Å². The minimum absolute atomic E-state index is 0.0462. The van der Waals surface area contributed by atoms with Crippen LogP contribution >= 0.6 is 0 Å². The zero-order valence-corrected chi connectivity index (χ0v) is 9.80. The van der Waals surface area contributed by atoms with Crippen LogP contribution in [0.3, 0.4) is 0 Å². The maximum atomic E-state index is 12.7. The lowest BCUT2D eigenvalue weighted by atomic mass is 10.2. The lowest BCUT2D eigenvalue weighted by Gasteiger charge is -2.13. The van der Waals surface area contributed by atoms with E-state index in [0.29, 0.717) is 5.92 Å². The van der Waals surface area contributed by atoms with Gasteiger partial charge in [0.2, 0.25) is 10.0 Å². The summed E-state index contributed by atoms with van der Waals surface area (Å²) < 4.78 is 39.0. The SMILES string of the molecule is CC(NS(=O)(=O)c1ccc(F)cc1)C1CC1. The van der Waals surface area contributed by atoms with Crippen molar-refractivity contribution < 1.29 is 12.8 Å². The highest BCUT2D eigenvalue weighted by molar-refractivity contribution is 7.89. The minimum atomic E-state index is -3.50. The summed E-state index contributed by atoms with van der Waals surface area (Å²) in [4.78, 5) is 0.112. The summed E-state index contributed by atoms with van der Waals surface area (Å²) in [6.45, 7) is 1.86. The number of halogens is 1. The quantitative estimate of drug-likeness (QED) is 0.878. The second kappa shape index (κ2) is 4.14. The molecule has 0 radical (unpaired) electrons. The molecule has 0 spiro atoms. The van der Waals surface area contributed by atoms with Crippen LogP contribution in [0, 0.1) is 11.7 Å². The van der Waals surface area contributed by atoms with E-state index < -0.39 is 15.8 Å². The first-order valence-electron chi connectivity index (χ1n) is 5.27. The highest BCUT2D eigenvalue weighted by Gasteiger charge is 2.31. The van der Waals surface area contributed by atoms with E-state index >= 15 is 0 Å². The van der Waals surface area contributed by atoms with E-state index in [2.05, 4.69) is 4.72 Å². The van der Waals surface area contributed by atoms with Crippen molar-refractivity contribution in [2.75, 3.05) is 0 Å². The number of hydrogen-bond acceptors (Lipinski definition) is 2. The Bertz CT molecular complexity index is 465. The molecule has 1 unspecified atom stereocenters. The standard InChI is InChI=1S/C11H14FNO2S/c1-8(9-2-3-9)13-16(14,15)11-6-4-10(12)5-7-11/h4-9,13H,2-3H2,1H3. The Morgan fingerprint density at radius 2 is 1.88 bits per heavy atom. The van der Waals surface area contributed by atoms with Gasteiger partial charge in [-0.15, -0.1) is 0 Å². The molecule has 1 atom stereocenters. The molecule has 3 nitrogen and oxygen atoms in total. The maximum Gasteiger partial charge on any atom is 0.240 e. The number of rotatable bonds is 4. The topological polar surface area (TPSA) is 46.2 Å². The molecule has 1 aromatic carbocycles. The van der Waals surface area contributed by atoms with Crippen LogP contribution in [-0.4, -0.2) is 14.5 Å². The van der Waals surface area contributed by atoms with Gasteiger partial charge in [-0.05, 0) is 49.9 Å². The number of benzene rings is 1. The predicted octanol–water partition coefficient (Wildman–Crippen LogP) is 1.90. The zero-order chi connectivity index (χ0) is 11.8. The first-order valence-corrected chi connectivity index (χ1v) is 6.75. The summed E-state index contributed by atoms with van der Waals surface area (Å²) >= 11 is 0. The van der Waals surface area contributed by atoms with Crippen LogP contribution in [0.2, 0.25) is 0 Å². The fraction of sp³-hybridized carbons (Fsp3) is 0.455. The van der Waals surface area contributed by atoms with Crippen molar-refractivity contribution >= 4 is 10.0 Å². The van der Waals surface area contributed by atoms with Crippen LogP contribution in [0.4, 0.5) is 4.39 Å². The van der Waals surface area contributed by atoms with E-state index in [1.54, 1.807) is 0 Å². The highest BCUT2D eigenvalue weighted by Crippen LogP contribution is 2.32. The van der Waals surface area contributed by atoms with Gasteiger partial charge >= 0.3 is 0 Å². The van der Waals surface area contributed by atoms with E-state index in [-0.39, 0.29) is 10.9 Å². The van der Waals surface area contributed by atoms with Gasteiger partial charge in [-0.25, -0.2) is 17.5 Å². The van der Waals surface area contributed by atoms with Crippen LogP contribution < -0.4 is 4.72 Å². The first kappa shape index (κ1) is 11.5. The number of nitrogens with one attached hydrogen (secondary N) is 1. The van der Waals surface area contributed by atoms with E-state index in [1.807, 2.05) is 6.92 Å². The van der Waals surface area contributed by atoms with Gasteiger partial charge in [0.15, 0.2) is 0 Å². The number of sulfonamides is 1. The van der Waals surface area contributed by atoms with Crippen molar-refractivity contribution in [3.63, 3.8) is 0 Å². The zero-order valence-electron chi connectivity index (χ0n) is 8.98. The van der Waals surface area contributed by atoms with Gasteiger partial charge < -0.3 is 0 Å². The second-order valence-electron chi connectivity index (χ2n) is 4.20. The van der Waals surface area contributed by atoms with E-state index in [0.717, 1.165) is 25.0 Å². The van der Waals surface area contributed by atoms with Crippen molar-refractivity contribution in [3.05, 3.63) is 30.1 Å². The van der Waals surface area contributed by atoms with Crippen LogP contribution in [0.25, 0.3) is 0 Å². The maximum absolute atomic E-state index is 12.7. The van der Waals surface area contributed by atoms with Gasteiger partial charge in [-0.3, -0.25) is 0 Å². The molecule has 1 aromatic rings. The van der Waals surface area contributed by atoms with Crippen LogP contribution in [0.5, 0.6) is 0 Å². The van der Waals surface area contributed by atoms with E-state index in [9.17, 15) is 12.8 Å². The summed E-state index contributed by atoms with van der Waals surface area (Å²) in [5.74, 6) is 0.0180. The first-order chi connectivity index (χ1) is 7.49. The van der Waals surface area contributed by atoms with Crippen molar-refractivity contribution in [2.45, 2.75) is 30.7 Å². The van der Waals surface area contributed by atoms with Crippen LogP contribution in [0.15, 0.2) is 29.2 Å². The summed E-state index contributed by atoms with van der Waals surface area (Å²) in [5.41, 5.74) is 0. The monoisotopic (exact) mass is 243 g/mol. The molecule has 5 heteroatoms. The Labute approximate surface area is 94.7 Å². The summed E-state index contributed by atoms with van der Waals surface area (Å²) in [7, 11) is -3.50. The predicted molar refractivity (Wildman–Crippen MR) is 58.9 cm³/mol. The lowest BCUT2D eigenvalue weighted by Crippen LogP contribution is -2.33. The lowest BCUT2D eigenvalue weighted by molar-refractivity contribution is 0.538. The molecule has 2 rings (SSSR count). The molecule has 1 N–H and O–H groups in total. The van der Waals surface area contributed by atoms with Crippen molar-refractivity contribution in [1.82, 2.24) is 4.72 Å². The Morgan fingerprint density at radius 1 is 1.31 bits per heavy atom. The van der Waals surface area contributed by atoms with Crippen molar-refractivity contribution in [1.29, 1.82) is 0 Å². The van der Waals surface area contributed by atoms with Gasteiger partial charge in [-0.1, -0.05) is 0 Å². The molecule has 88 valence electrons. The number of hydrogen-bond donors (Lipinski definition) is 1. The molecule has 1 aliphatic rings. The molecule has 0 saturated heterocycles. The highest BCUT2D eigenvalue weighted by atomic mass is 32.2. The van der Waals surface area contributed by atoms with Gasteiger partial charge in [0.25, 0.3) is 0 Å². The fourth-order valence-electron chi connectivity index (χ4n) is 1.62. The molecule has 0 bridgehead atoms. The Morgan fingerprint density at radius 3 is 2.38 bits per heavy atom. The van der Waals surface area contributed by atoms with E-state index in [1.165, 1.54) is 12.1 Å². The van der Waals surface area contributed by atoms with Crippen molar-refractivity contribution in [2.24, 2.45) is 5.92 Å². The molecule has 1 fully saturated rings. The summed E-state index contributed by atoms with van der Waals surface area (Å²) in [6.07, 6.45) is 2.15. The Kier molecular flexibility index (Phi) is 2.99. The third kappa shape index (κ3) is 2.59. The fourth-order valence-corrected chi connectivity index (χ4v) is 2.93. The Balaban J connectivity index is 2.14. The normalized spacial score (nSPS) is 18.4. The molecule has 0 aliphatic heterocycles. The third-order valence-corrected chi connectivity index (χ3v) is 4.37.